The monoisotopic (exact) mass is 308 g/mol. The van der Waals surface area contributed by atoms with E-state index in [1.807, 2.05) is 0 Å². The van der Waals surface area contributed by atoms with Gasteiger partial charge in [-0.1, -0.05) is 5.92 Å². The lowest BCUT2D eigenvalue weighted by Gasteiger charge is -2.72. The number of hydrogen-bond acceptors (Lipinski definition) is 0. The van der Waals surface area contributed by atoms with Crippen molar-refractivity contribution in [2.24, 2.45) is 52.3 Å². The Kier molecular flexibility index (Phi) is 2.64. The quantitative estimate of drug-likeness (QED) is 0.548. The van der Waals surface area contributed by atoms with Crippen LogP contribution in [-0.2, 0) is 0 Å². The second-order valence-corrected chi connectivity index (χ2v) is 10.8. The van der Waals surface area contributed by atoms with Crippen molar-refractivity contribution in [1.29, 1.82) is 0 Å². The molecule has 0 nitrogen and oxygen atoms in total. The fourth-order valence-electron chi connectivity index (χ4n) is 9.94. The van der Waals surface area contributed by atoms with Gasteiger partial charge in [0.2, 0.25) is 0 Å². The van der Waals surface area contributed by atoms with Gasteiger partial charge in [0, 0.05) is 5.92 Å². The lowest BCUT2D eigenvalue weighted by molar-refractivity contribution is -0.218. The van der Waals surface area contributed by atoms with Crippen LogP contribution in [0.5, 0.6) is 0 Å². The average Bonchev–Trinajstić information content (AvgIpc) is 2.49. The Morgan fingerprint density at radius 2 is 1.13 bits per heavy atom. The molecule has 0 aliphatic heterocycles. The summed E-state index contributed by atoms with van der Waals surface area (Å²) in [5.74, 6) is 14.5. The van der Waals surface area contributed by atoms with Gasteiger partial charge in [0.1, 0.15) is 0 Å². The molecule has 8 fully saturated rings. The summed E-state index contributed by atoms with van der Waals surface area (Å²) in [5, 5.41) is 0. The highest BCUT2D eigenvalue weighted by Gasteiger charge is 2.68. The van der Waals surface area contributed by atoms with E-state index in [-0.39, 0.29) is 0 Å². The van der Waals surface area contributed by atoms with Gasteiger partial charge < -0.3 is 0 Å². The minimum atomic E-state index is 0.654. The van der Waals surface area contributed by atoms with Crippen LogP contribution in [0.2, 0.25) is 0 Å². The summed E-state index contributed by atoms with van der Waals surface area (Å²) in [5.41, 5.74) is 1.38. The molecule has 8 aliphatic carbocycles. The minimum absolute atomic E-state index is 0.654. The van der Waals surface area contributed by atoms with Gasteiger partial charge in [0.05, 0.1) is 0 Å². The molecule has 3 atom stereocenters. The summed E-state index contributed by atoms with van der Waals surface area (Å²) in [6.07, 6.45) is 17.4. The molecule has 0 spiro atoms. The normalized spacial score (nSPS) is 61.5. The lowest BCUT2D eigenvalue weighted by atomic mass is 9.32. The number of hydrogen-bond donors (Lipinski definition) is 0. The van der Waals surface area contributed by atoms with Crippen LogP contribution in [0, 0.1) is 64.1 Å². The van der Waals surface area contributed by atoms with Gasteiger partial charge in [-0.3, -0.25) is 0 Å². The van der Waals surface area contributed by atoms with Crippen LogP contribution < -0.4 is 0 Å². The first-order valence-corrected chi connectivity index (χ1v) is 10.6. The van der Waals surface area contributed by atoms with E-state index in [4.69, 9.17) is 0 Å². The SMILES string of the molecule is CC#CC1C2CC3CC(C2)CC1(C12CC4CC(CC(C4)C1)C2)C3. The van der Waals surface area contributed by atoms with E-state index >= 15 is 0 Å². The maximum Gasteiger partial charge on any atom is 0.0293 e. The van der Waals surface area contributed by atoms with Crippen molar-refractivity contribution >= 4 is 0 Å². The van der Waals surface area contributed by atoms with E-state index in [1.54, 1.807) is 57.8 Å². The first kappa shape index (κ1) is 13.8. The van der Waals surface area contributed by atoms with Crippen molar-refractivity contribution in [2.45, 2.75) is 77.6 Å². The Bertz CT molecular complexity index is 538. The summed E-state index contributed by atoms with van der Waals surface area (Å²) in [7, 11) is 0. The molecule has 0 heteroatoms. The van der Waals surface area contributed by atoms with E-state index in [2.05, 4.69) is 18.8 Å². The molecule has 0 heterocycles. The molecule has 23 heavy (non-hydrogen) atoms. The summed E-state index contributed by atoms with van der Waals surface area (Å²) in [6, 6.07) is 0. The smallest absolute Gasteiger partial charge is 0.0293 e. The molecule has 124 valence electrons. The molecule has 8 aliphatic rings. The van der Waals surface area contributed by atoms with Crippen LogP contribution in [0.1, 0.15) is 77.6 Å². The molecule has 8 saturated carbocycles. The largest absolute Gasteiger partial charge is 0.106 e. The van der Waals surface area contributed by atoms with Crippen molar-refractivity contribution in [3.8, 4) is 11.8 Å². The van der Waals surface area contributed by atoms with E-state index in [0.717, 1.165) is 46.8 Å². The highest BCUT2D eigenvalue weighted by molar-refractivity contribution is 5.23. The molecule has 0 aromatic rings. The topological polar surface area (TPSA) is 0 Å². The van der Waals surface area contributed by atoms with Gasteiger partial charge in [0.25, 0.3) is 0 Å². The summed E-state index contributed by atoms with van der Waals surface area (Å²) < 4.78 is 0. The Labute approximate surface area is 142 Å². The van der Waals surface area contributed by atoms with Crippen LogP contribution in [-0.4, -0.2) is 0 Å². The Morgan fingerprint density at radius 3 is 1.61 bits per heavy atom. The molecule has 8 rings (SSSR count). The average molecular weight is 309 g/mol. The second-order valence-electron chi connectivity index (χ2n) is 10.8. The molecule has 0 aromatic carbocycles. The van der Waals surface area contributed by atoms with Gasteiger partial charge in [-0.2, -0.15) is 0 Å². The zero-order valence-electron chi connectivity index (χ0n) is 14.8. The molecule has 0 N–H and O–H groups in total. The highest BCUT2D eigenvalue weighted by Crippen LogP contribution is 2.76. The minimum Gasteiger partial charge on any atom is -0.106 e. The van der Waals surface area contributed by atoms with Crippen LogP contribution in [0.4, 0.5) is 0 Å². The zero-order valence-corrected chi connectivity index (χ0v) is 14.8. The first-order chi connectivity index (χ1) is 11.2. The predicted octanol–water partition coefficient (Wildman–Crippen LogP) is 5.67. The van der Waals surface area contributed by atoms with E-state index in [0.29, 0.717) is 5.41 Å². The third-order valence-corrected chi connectivity index (χ3v) is 9.71. The lowest BCUT2D eigenvalue weighted by Crippen LogP contribution is -2.64. The molecular formula is C23H32. The Morgan fingerprint density at radius 1 is 0.652 bits per heavy atom. The molecular weight excluding hydrogens is 276 g/mol. The predicted molar refractivity (Wildman–Crippen MR) is 93.5 cm³/mol. The van der Waals surface area contributed by atoms with Crippen molar-refractivity contribution in [3.05, 3.63) is 0 Å². The van der Waals surface area contributed by atoms with E-state index in [1.165, 1.54) is 12.8 Å². The van der Waals surface area contributed by atoms with Crippen molar-refractivity contribution < 1.29 is 0 Å². The summed E-state index contributed by atoms with van der Waals surface area (Å²) in [4.78, 5) is 0. The van der Waals surface area contributed by atoms with Gasteiger partial charge in [-0.25, -0.2) is 0 Å². The van der Waals surface area contributed by atoms with E-state index in [9.17, 15) is 0 Å². The molecule has 0 aromatic heterocycles. The van der Waals surface area contributed by atoms with Crippen molar-refractivity contribution in [2.75, 3.05) is 0 Å². The van der Waals surface area contributed by atoms with Gasteiger partial charge >= 0.3 is 0 Å². The highest BCUT2D eigenvalue weighted by atomic mass is 14.7. The van der Waals surface area contributed by atoms with Crippen molar-refractivity contribution in [3.63, 3.8) is 0 Å². The summed E-state index contributed by atoms with van der Waals surface area (Å²) in [6.45, 7) is 2.11. The fraction of sp³-hybridized carbons (Fsp3) is 0.913. The maximum absolute atomic E-state index is 3.84. The van der Waals surface area contributed by atoms with Crippen LogP contribution in [0.3, 0.4) is 0 Å². The standard InChI is InChI=1S/C23H32/c1-2-3-21-20-8-18-7-19(9-20)14-23(21,13-18)22-10-15-4-16(11-22)6-17(5-15)12-22/h15-21H,4-14H2,1H3. The van der Waals surface area contributed by atoms with Gasteiger partial charge in [-0.15, -0.1) is 5.92 Å². The second kappa shape index (κ2) is 4.39. The first-order valence-electron chi connectivity index (χ1n) is 10.6. The summed E-state index contributed by atoms with van der Waals surface area (Å²) >= 11 is 0. The van der Waals surface area contributed by atoms with Crippen molar-refractivity contribution in [1.82, 2.24) is 0 Å². The fourth-order valence-corrected chi connectivity index (χ4v) is 9.94. The van der Waals surface area contributed by atoms with Crippen LogP contribution in [0.15, 0.2) is 0 Å². The zero-order chi connectivity index (χ0) is 15.2. The molecule has 0 amide bonds. The maximum atomic E-state index is 3.84. The third kappa shape index (κ3) is 1.66. The van der Waals surface area contributed by atoms with Gasteiger partial charge in [0.15, 0.2) is 0 Å². The molecule has 8 bridgehead atoms. The van der Waals surface area contributed by atoms with Gasteiger partial charge in [-0.05, 0) is 124 Å². The molecule has 0 saturated heterocycles. The molecule has 3 unspecified atom stereocenters. The van der Waals surface area contributed by atoms with Crippen LogP contribution in [0.25, 0.3) is 0 Å². The number of rotatable bonds is 1. The Hall–Kier alpha value is -0.440. The molecule has 0 radical (unpaired) electrons. The third-order valence-electron chi connectivity index (χ3n) is 9.71. The van der Waals surface area contributed by atoms with E-state index < -0.39 is 0 Å². The Balaban J connectivity index is 1.48. The van der Waals surface area contributed by atoms with Crippen LogP contribution >= 0.6 is 0 Å².